The van der Waals surface area contributed by atoms with Gasteiger partial charge in [-0.05, 0) is 53.9 Å². The molecule has 0 radical (unpaired) electrons. The van der Waals surface area contributed by atoms with Gasteiger partial charge >= 0.3 is 6.09 Å². The third kappa shape index (κ3) is 4.57. The summed E-state index contributed by atoms with van der Waals surface area (Å²) >= 11 is 0. The summed E-state index contributed by atoms with van der Waals surface area (Å²) in [5, 5.41) is 12.1. The molecule has 0 aromatic heterocycles. The molecule has 1 saturated heterocycles. The van der Waals surface area contributed by atoms with E-state index in [0.29, 0.717) is 40.5 Å². The molecular weight excluding hydrogens is 450 g/mol. The van der Waals surface area contributed by atoms with Crippen molar-refractivity contribution in [2.45, 2.75) is 18.2 Å². The van der Waals surface area contributed by atoms with Crippen molar-refractivity contribution in [3.8, 4) is 23.0 Å². The van der Waals surface area contributed by atoms with Crippen molar-refractivity contribution in [2.24, 2.45) is 0 Å². The van der Waals surface area contributed by atoms with Gasteiger partial charge in [-0.25, -0.2) is 4.79 Å². The minimum atomic E-state index is -1.74. The van der Waals surface area contributed by atoms with Gasteiger partial charge in [0.15, 0.2) is 17.6 Å². The minimum Gasteiger partial charge on any atom is -0.497 e. The Balaban J connectivity index is 1.69. The Morgan fingerprint density at radius 1 is 0.829 bits per heavy atom. The molecule has 0 saturated carbocycles. The number of cyclic esters (lactones) is 1. The van der Waals surface area contributed by atoms with Gasteiger partial charge in [0.05, 0.1) is 28.4 Å². The molecule has 0 spiro atoms. The van der Waals surface area contributed by atoms with Gasteiger partial charge in [0.2, 0.25) is 5.72 Å². The maximum absolute atomic E-state index is 13.1. The van der Waals surface area contributed by atoms with Crippen LogP contribution < -0.4 is 18.9 Å². The molecule has 2 unspecified atom stereocenters. The van der Waals surface area contributed by atoms with Gasteiger partial charge < -0.3 is 28.8 Å². The third-order valence-electron chi connectivity index (χ3n) is 6.22. The summed E-state index contributed by atoms with van der Waals surface area (Å²) in [5.41, 5.74) is 0.331. The van der Waals surface area contributed by atoms with Gasteiger partial charge in [-0.2, -0.15) is 0 Å². The van der Waals surface area contributed by atoms with E-state index >= 15 is 0 Å². The highest BCUT2D eigenvalue weighted by molar-refractivity contribution is 5.72. The average Bonchev–Trinajstić information content (AvgIpc) is 3.17. The Bertz CT molecular complexity index is 1160. The van der Waals surface area contributed by atoms with E-state index in [4.69, 9.17) is 23.7 Å². The summed E-state index contributed by atoms with van der Waals surface area (Å²) in [4.78, 5) is 14.4. The number of aliphatic hydroxyl groups is 1. The van der Waals surface area contributed by atoms with Gasteiger partial charge in [0.25, 0.3) is 0 Å². The van der Waals surface area contributed by atoms with Crippen molar-refractivity contribution in [2.75, 3.05) is 35.0 Å². The zero-order chi connectivity index (χ0) is 25.0. The lowest BCUT2D eigenvalue weighted by atomic mass is 9.91. The van der Waals surface area contributed by atoms with Gasteiger partial charge in [-0.3, -0.25) is 4.90 Å². The van der Waals surface area contributed by atoms with Crippen LogP contribution in [0.1, 0.15) is 22.8 Å². The molecule has 8 heteroatoms. The number of carbonyl (C=O) groups is 1. The first-order valence-electron chi connectivity index (χ1n) is 11.1. The van der Waals surface area contributed by atoms with E-state index in [1.807, 2.05) is 18.2 Å². The first-order valence-corrected chi connectivity index (χ1v) is 11.1. The lowest BCUT2D eigenvalue weighted by Crippen LogP contribution is -2.46. The smallest absolute Gasteiger partial charge is 0.413 e. The predicted octanol–water partition coefficient (Wildman–Crippen LogP) is 4.30. The number of rotatable bonds is 9. The van der Waals surface area contributed by atoms with Crippen LogP contribution in [0.3, 0.4) is 0 Å². The Morgan fingerprint density at radius 3 is 2.00 bits per heavy atom. The number of carbonyl (C=O) groups excluding carboxylic acids is 1. The molecule has 4 rings (SSSR count). The zero-order valence-corrected chi connectivity index (χ0v) is 20.2. The van der Waals surface area contributed by atoms with Crippen molar-refractivity contribution in [1.82, 2.24) is 4.90 Å². The standard InChI is InChI=1S/C27H29NO7/c1-31-21-10-6-19(7-11-21)25-27(30,20-8-12-22(32-2)13-9-20)28(26(29)35-25)16-15-18-5-14-23(33-3)24(17-18)34-4/h5-14,17,25,30H,15-16H2,1-4H3. The van der Waals surface area contributed by atoms with Crippen LogP contribution in [-0.4, -0.2) is 51.1 Å². The van der Waals surface area contributed by atoms with E-state index in [0.717, 1.165) is 5.56 Å². The molecule has 184 valence electrons. The van der Waals surface area contributed by atoms with E-state index in [1.165, 1.54) is 4.90 Å². The summed E-state index contributed by atoms with van der Waals surface area (Å²) in [7, 11) is 6.29. The topological polar surface area (TPSA) is 86.7 Å². The van der Waals surface area contributed by atoms with Crippen LogP contribution in [-0.2, 0) is 16.9 Å². The molecule has 2 atom stereocenters. The number of benzene rings is 3. The van der Waals surface area contributed by atoms with Crippen LogP contribution in [0.25, 0.3) is 0 Å². The zero-order valence-electron chi connectivity index (χ0n) is 20.2. The van der Waals surface area contributed by atoms with Crippen molar-refractivity contribution >= 4 is 6.09 Å². The molecule has 1 N–H and O–H groups in total. The monoisotopic (exact) mass is 479 g/mol. The predicted molar refractivity (Wildman–Crippen MR) is 129 cm³/mol. The second-order valence-corrected chi connectivity index (χ2v) is 8.08. The summed E-state index contributed by atoms with van der Waals surface area (Å²) in [5.74, 6) is 2.51. The molecule has 1 fully saturated rings. The lowest BCUT2D eigenvalue weighted by Gasteiger charge is -2.35. The Hall–Kier alpha value is -3.91. The second-order valence-electron chi connectivity index (χ2n) is 8.08. The fraction of sp³-hybridized carbons (Fsp3) is 0.296. The van der Waals surface area contributed by atoms with Gasteiger partial charge in [0.1, 0.15) is 11.5 Å². The largest absolute Gasteiger partial charge is 0.497 e. The number of ether oxygens (including phenoxy) is 5. The van der Waals surface area contributed by atoms with Crippen LogP contribution in [0.15, 0.2) is 66.7 Å². The SMILES string of the molecule is COc1ccc(C2OC(=O)N(CCc3ccc(OC)c(OC)c3)C2(O)c2ccc(OC)cc2)cc1. The number of methoxy groups -OCH3 is 4. The summed E-state index contributed by atoms with van der Waals surface area (Å²) in [6.07, 6.45) is -1.09. The van der Waals surface area contributed by atoms with Gasteiger partial charge in [0, 0.05) is 12.1 Å². The summed E-state index contributed by atoms with van der Waals surface area (Å²) in [6.45, 7) is 0.212. The minimum absolute atomic E-state index is 0.212. The molecule has 3 aromatic rings. The van der Waals surface area contributed by atoms with E-state index in [1.54, 1.807) is 77.0 Å². The number of hydrogen-bond donors (Lipinski definition) is 1. The number of hydrogen-bond acceptors (Lipinski definition) is 7. The van der Waals surface area contributed by atoms with Crippen LogP contribution in [0.5, 0.6) is 23.0 Å². The first kappa shape index (κ1) is 24.2. The summed E-state index contributed by atoms with van der Waals surface area (Å²) in [6, 6.07) is 19.6. The number of amides is 1. The van der Waals surface area contributed by atoms with E-state index in [2.05, 4.69) is 0 Å². The maximum Gasteiger partial charge on any atom is 0.413 e. The molecule has 1 aliphatic rings. The lowest BCUT2D eigenvalue weighted by molar-refractivity contribution is -0.109. The van der Waals surface area contributed by atoms with Crippen LogP contribution >= 0.6 is 0 Å². The molecule has 1 heterocycles. The molecule has 0 aliphatic carbocycles. The highest BCUT2D eigenvalue weighted by Gasteiger charge is 2.55. The fourth-order valence-corrected chi connectivity index (χ4v) is 4.29. The second kappa shape index (κ2) is 10.1. The molecule has 0 bridgehead atoms. The summed E-state index contributed by atoms with van der Waals surface area (Å²) < 4.78 is 27.0. The van der Waals surface area contributed by atoms with E-state index in [9.17, 15) is 9.90 Å². The van der Waals surface area contributed by atoms with Crippen LogP contribution in [0, 0.1) is 0 Å². The Kier molecular flexibility index (Phi) is 7.02. The van der Waals surface area contributed by atoms with E-state index in [-0.39, 0.29) is 6.54 Å². The normalized spacial score (nSPS) is 19.3. The van der Waals surface area contributed by atoms with Crippen LogP contribution in [0.2, 0.25) is 0 Å². The molecule has 8 nitrogen and oxygen atoms in total. The van der Waals surface area contributed by atoms with Gasteiger partial charge in [-0.1, -0.05) is 30.3 Å². The van der Waals surface area contributed by atoms with Crippen molar-refractivity contribution in [3.63, 3.8) is 0 Å². The maximum atomic E-state index is 13.1. The molecular formula is C27H29NO7. The highest BCUT2D eigenvalue weighted by Crippen LogP contribution is 2.47. The van der Waals surface area contributed by atoms with Crippen molar-refractivity contribution in [1.29, 1.82) is 0 Å². The van der Waals surface area contributed by atoms with Crippen LogP contribution in [0.4, 0.5) is 4.79 Å². The highest BCUT2D eigenvalue weighted by atomic mass is 16.6. The molecule has 1 aliphatic heterocycles. The molecule has 35 heavy (non-hydrogen) atoms. The average molecular weight is 480 g/mol. The van der Waals surface area contributed by atoms with E-state index < -0.39 is 17.9 Å². The third-order valence-corrected chi connectivity index (χ3v) is 6.22. The Labute approximate surface area is 204 Å². The Morgan fingerprint density at radius 2 is 1.43 bits per heavy atom. The van der Waals surface area contributed by atoms with Crippen molar-refractivity contribution < 1.29 is 33.6 Å². The number of nitrogens with zero attached hydrogens (tertiary/aromatic N) is 1. The fourth-order valence-electron chi connectivity index (χ4n) is 4.29. The quantitative estimate of drug-likeness (QED) is 0.490. The van der Waals surface area contributed by atoms with Crippen molar-refractivity contribution in [3.05, 3.63) is 83.4 Å². The van der Waals surface area contributed by atoms with Gasteiger partial charge in [-0.15, -0.1) is 0 Å². The molecule has 1 amide bonds. The first-order chi connectivity index (χ1) is 16.9. The molecule has 3 aromatic carbocycles.